The molecule has 0 spiro atoms. The van der Waals surface area contributed by atoms with Crippen LogP contribution < -0.4 is 10.1 Å². The first-order chi connectivity index (χ1) is 9.65. The molecule has 0 saturated heterocycles. The summed E-state index contributed by atoms with van der Waals surface area (Å²) in [5, 5.41) is 3.64. The van der Waals surface area contributed by atoms with E-state index < -0.39 is 0 Å². The minimum atomic E-state index is 0.391. The second-order valence-electron chi connectivity index (χ2n) is 6.18. The Balaban J connectivity index is 2.05. The predicted octanol–water partition coefficient (Wildman–Crippen LogP) is 4.36. The summed E-state index contributed by atoms with van der Waals surface area (Å²) in [6, 6.07) is 9.43. The van der Waals surface area contributed by atoms with Gasteiger partial charge in [0.05, 0.1) is 6.61 Å². The van der Waals surface area contributed by atoms with Crippen LogP contribution in [0.2, 0.25) is 0 Å². The largest absolute Gasteiger partial charge is 0.494 e. The molecule has 0 heterocycles. The van der Waals surface area contributed by atoms with Crippen LogP contribution in [0.25, 0.3) is 0 Å². The van der Waals surface area contributed by atoms with Crippen LogP contribution in [0.5, 0.6) is 5.75 Å². The Hall–Kier alpha value is -1.02. The van der Waals surface area contributed by atoms with Gasteiger partial charge in [-0.1, -0.05) is 39.8 Å². The van der Waals surface area contributed by atoms with Gasteiger partial charge in [-0.15, -0.1) is 0 Å². The molecule has 0 bridgehead atoms. The van der Waals surface area contributed by atoms with E-state index in [1.807, 2.05) is 0 Å². The maximum absolute atomic E-state index is 5.67. The van der Waals surface area contributed by atoms with Gasteiger partial charge in [-0.25, -0.2) is 0 Å². The molecule has 1 N–H and O–H groups in total. The first-order valence-corrected chi connectivity index (χ1v) is 8.11. The number of rotatable bonds is 7. The lowest BCUT2D eigenvalue weighted by Gasteiger charge is -2.55. The molecule has 0 aliphatic heterocycles. The molecule has 2 heteroatoms. The van der Waals surface area contributed by atoms with Gasteiger partial charge in [0.1, 0.15) is 5.75 Å². The fourth-order valence-corrected chi connectivity index (χ4v) is 3.45. The first-order valence-electron chi connectivity index (χ1n) is 8.11. The molecule has 0 radical (unpaired) electrons. The van der Waals surface area contributed by atoms with Gasteiger partial charge in [-0.3, -0.25) is 0 Å². The summed E-state index contributed by atoms with van der Waals surface area (Å²) < 4.78 is 5.67. The Morgan fingerprint density at radius 2 is 1.90 bits per heavy atom. The van der Waals surface area contributed by atoms with Crippen molar-refractivity contribution in [2.75, 3.05) is 13.2 Å². The minimum Gasteiger partial charge on any atom is -0.494 e. The summed E-state index contributed by atoms with van der Waals surface area (Å²) in [5.41, 5.74) is 1.86. The van der Waals surface area contributed by atoms with Crippen LogP contribution in [0.3, 0.4) is 0 Å². The average Bonchev–Trinajstić information content (AvgIpc) is 2.49. The molecule has 0 amide bonds. The number of hydrogen-bond acceptors (Lipinski definition) is 2. The monoisotopic (exact) mass is 275 g/mol. The van der Waals surface area contributed by atoms with Crippen LogP contribution >= 0.6 is 0 Å². The normalized spacial score (nSPS) is 29.0. The zero-order valence-electron chi connectivity index (χ0n) is 13.4. The Kier molecular flexibility index (Phi) is 5.09. The van der Waals surface area contributed by atoms with Crippen LogP contribution in [0.1, 0.15) is 58.4 Å². The topological polar surface area (TPSA) is 21.3 Å². The van der Waals surface area contributed by atoms with Crippen molar-refractivity contribution in [2.45, 2.75) is 58.9 Å². The highest BCUT2D eigenvalue weighted by molar-refractivity contribution is 5.33. The quantitative estimate of drug-likeness (QED) is 0.798. The van der Waals surface area contributed by atoms with E-state index in [1.54, 1.807) is 0 Å². The molecule has 1 fully saturated rings. The van der Waals surface area contributed by atoms with Crippen molar-refractivity contribution in [3.05, 3.63) is 29.8 Å². The molecule has 1 aromatic carbocycles. The van der Waals surface area contributed by atoms with Gasteiger partial charge in [-0.05, 0) is 54.8 Å². The predicted molar refractivity (Wildman–Crippen MR) is 85.4 cm³/mol. The van der Waals surface area contributed by atoms with E-state index in [2.05, 4.69) is 57.3 Å². The van der Waals surface area contributed by atoms with Gasteiger partial charge in [0.15, 0.2) is 0 Å². The molecule has 1 aliphatic carbocycles. The first kappa shape index (κ1) is 15.4. The van der Waals surface area contributed by atoms with Gasteiger partial charge >= 0.3 is 0 Å². The maximum Gasteiger partial charge on any atom is 0.119 e. The second kappa shape index (κ2) is 6.62. The standard InChI is InChI=1S/C18H29NO/c1-5-12-20-15-10-8-14(9-11-15)16-13-17(19-7-3)18(16,4)6-2/h8-11,16-17,19H,5-7,12-13H2,1-4H3. The van der Waals surface area contributed by atoms with Crippen LogP contribution in [0, 0.1) is 5.41 Å². The highest BCUT2D eigenvalue weighted by atomic mass is 16.5. The Labute approximate surface area is 123 Å². The molecular formula is C18H29NO. The van der Waals surface area contributed by atoms with Crippen LogP contribution in [0.15, 0.2) is 24.3 Å². The van der Waals surface area contributed by atoms with Gasteiger partial charge in [0.2, 0.25) is 0 Å². The molecule has 0 aromatic heterocycles. The van der Waals surface area contributed by atoms with Crippen LogP contribution in [-0.4, -0.2) is 19.2 Å². The van der Waals surface area contributed by atoms with Gasteiger partial charge < -0.3 is 10.1 Å². The number of benzene rings is 1. The van der Waals surface area contributed by atoms with E-state index in [-0.39, 0.29) is 0 Å². The van der Waals surface area contributed by atoms with Gasteiger partial charge in [-0.2, -0.15) is 0 Å². The fourth-order valence-electron chi connectivity index (χ4n) is 3.45. The molecule has 3 atom stereocenters. The van der Waals surface area contributed by atoms with E-state index in [9.17, 15) is 0 Å². The number of hydrogen-bond donors (Lipinski definition) is 1. The van der Waals surface area contributed by atoms with E-state index in [1.165, 1.54) is 18.4 Å². The lowest BCUT2D eigenvalue weighted by Crippen LogP contribution is -2.56. The van der Waals surface area contributed by atoms with Crippen molar-refractivity contribution in [3.8, 4) is 5.75 Å². The summed E-state index contributed by atoms with van der Waals surface area (Å²) >= 11 is 0. The molecule has 20 heavy (non-hydrogen) atoms. The molecule has 112 valence electrons. The summed E-state index contributed by atoms with van der Waals surface area (Å²) in [6.45, 7) is 10.9. The van der Waals surface area contributed by atoms with E-state index in [0.717, 1.165) is 25.3 Å². The van der Waals surface area contributed by atoms with Crippen molar-refractivity contribution in [3.63, 3.8) is 0 Å². The highest BCUT2D eigenvalue weighted by Gasteiger charge is 2.50. The fraction of sp³-hybridized carbons (Fsp3) is 0.667. The molecule has 1 saturated carbocycles. The lowest BCUT2D eigenvalue weighted by molar-refractivity contribution is 0.0455. The minimum absolute atomic E-state index is 0.391. The second-order valence-corrected chi connectivity index (χ2v) is 6.18. The lowest BCUT2D eigenvalue weighted by atomic mass is 9.54. The van der Waals surface area contributed by atoms with E-state index in [4.69, 9.17) is 4.74 Å². The third-order valence-corrected chi connectivity index (χ3v) is 5.03. The van der Waals surface area contributed by atoms with Crippen molar-refractivity contribution >= 4 is 0 Å². The molecule has 1 aliphatic rings. The van der Waals surface area contributed by atoms with Crippen LogP contribution in [-0.2, 0) is 0 Å². The third-order valence-electron chi connectivity index (χ3n) is 5.03. The average molecular weight is 275 g/mol. The Morgan fingerprint density at radius 3 is 2.45 bits per heavy atom. The summed E-state index contributed by atoms with van der Waals surface area (Å²) in [5.74, 6) is 1.67. The molecule has 2 nitrogen and oxygen atoms in total. The SMILES string of the molecule is CCCOc1ccc(C2CC(NCC)C2(C)CC)cc1. The third kappa shape index (κ3) is 2.85. The summed E-state index contributed by atoms with van der Waals surface area (Å²) in [7, 11) is 0. The zero-order valence-corrected chi connectivity index (χ0v) is 13.4. The highest BCUT2D eigenvalue weighted by Crippen LogP contribution is 2.54. The van der Waals surface area contributed by atoms with Gasteiger partial charge in [0, 0.05) is 6.04 Å². The van der Waals surface area contributed by atoms with Crippen molar-refractivity contribution in [2.24, 2.45) is 5.41 Å². The van der Waals surface area contributed by atoms with Crippen molar-refractivity contribution < 1.29 is 4.74 Å². The molecular weight excluding hydrogens is 246 g/mol. The molecule has 1 aromatic rings. The number of nitrogens with one attached hydrogen (secondary N) is 1. The summed E-state index contributed by atoms with van der Waals surface area (Å²) in [6.07, 6.45) is 3.54. The van der Waals surface area contributed by atoms with Crippen LogP contribution in [0.4, 0.5) is 0 Å². The summed E-state index contributed by atoms with van der Waals surface area (Å²) in [4.78, 5) is 0. The van der Waals surface area contributed by atoms with Crippen molar-refractivity contribution in [1.82, 2.24) is 5.32 Å². The van der Waals surface area contributed by atoms with Crippen molar-refractivity contribution in [1.29, 1.82) is 0 Å². The number of ether oxygens (including phenoxy) is 1. The van der Waals surface area contributed by atoms with E-state index in [0.29, 0.717) is 17.4 Å². The molecule has 3 unspecified atom stereocenters. The Morgan fingerprint density at radius 1 is 1.20 bits per heavy atom. The van der Waals surface area contributed by atoms with Gasteiger partial charge in [0.25, 0.3) is 0 Å². The zero-order chi connectivity index (χ0) is 14.6. The maximum atomic E-state index is 5.67. The van der Waals surface area contributed by atoms with E-state index >= 15 is 0 Å². The Bertz CT molecular complexity index is 414. The molecule has 2 rings (SSSR count). The smallest absolute Gasteiger partial charge is 0.119 e.